The van der Waals surface area contributed by atoms with Gasteiger partial charge in [0.1, 0.15) is 0 Å². The Labute approximate surface area is 127 Å². The Morgan fingerprint density at radius 2 is 2.05 bits per heavy atom. The van der Waals surface area contributed by atoms with Gasteiger partial charge in [-0.05, 0) is 48.7 Å². The molecule has 0 saturated heterocycles. The number of carbonyl (C=O) groups excluding carboxylic acids is 1. The highest BCUT2D eigenvalue weighted by molar-refractivity contribution is 7.10. The molecule has 5 nitrogen and oxygen atoms in total. The molecule has 0 fully saturated rings. The fourth-order valence-electron chi connectivity index (χ4n) is 1.62. The van der Waals surface area contributed by atoms with Crippen LogP contribution in [-0.4, -0.2) is 19.1 Å². The summed E-state index contributed by atoms with van der Waals surface area (Å²) in [7, 11) is 0. The fraction of sp³-hybridized carbons (Fsp3) is 0.267. The Bertz CT molecular complexity index is 541. The zero-order chi connectivity index (χ0) is 14.9. The summed E-state index contributed by atoms with van der Waals surface area (Å²) in [5.74, 6) is 0.550. The lowest BCUT2D eigenvalue weighted by molar-refractivity contribution is -0.206. The molecule has 2 rings (SSSR count). The highest BCUT2D eigenvalue weighted by Crippen LogP contribution is 2.17. The Balaban J connectivity index is 1.77. The van der Waals surface area contributed by atoms with Gasteiger partial charge >= 0.3 is 0 Å². The Hall–Kier alpha value is -1.89. The van der Waals surface area contributed by atoms with Gasteiger partial charge in [0.25, 0.3) is 0 Å². The minimum atomic E-state index is -0.0367. The summed E-state index contributed by atoms with van der Waals surface area (Å²) in [6.45, 7) is 1.02. The van der Waals surface area contributed by atoms with Crippen molar-refractivity contribution in [1.82, 2.24) is 0 Å². The maximum Gasteiger partial charge on any atom is 0.229 e. The number of hydrogen-bond acceptors (Lipinski definition) is 5. The zero-order valence-electron chi connectivity index (χ0n) is 11.6. The van der Waals surface area contributed by atoms with E-state index in [-0.39, 0.29) is 5.91 Å². The first-order chi connectivity index (χ1) is 10.3. The van der Waals surface area contributed by atoms with Gasteiger partial charge in [-0.25, -0.2) is 0 Å². The molecule has 0 unspecified atom stereocenters. The molecule has 0 atom stereocenters. The Morgan fingerprint density at radius 1 is 1.24 bits per heavy atom. The number of amides is 1. The maximum absolute atomic E-state index is 11.8. The van der Waals surface area contributed by atoms with E-state index in [0.717, 1.165) is 17.0 Å². The van der Waals surface area contributed by atoms with Crippen LogP contribution in [0.4, 0.5) is 5.69 Å². The quantitative estimate of drug-likeness (QED) is 0.446. The van der Waals surface area contributed by atoms with Crippen molar-refractivity contribution < 1.29 is 14.6 Å². The fourth-order valence-corrected chi connectivity index (χ4v) is 2.33. The van der Waals surface area contributed by atoms with Crippen LogP contribution >= 0.6 is 11.3 Å². The molecular formula is C15H18N2O3S. The molecule has 0 aliphatic heterocycles. The predicted octanol–water partition coefficient (Wildman–Crippen LogP) is 2.59. The molecule has 0 spiro atoms. The van der Waals surface area contributed by atoms with E-state index >= 15 is 0 Å². The van der Waals surface area contributed by atoms with Crippen LogP contribution in [-0.2, 0) is 16.1 Å². The lowest BCUT2D eigenvalue weighted by Crippen LogP contribution is -2.13. The van der Waals surface area contributed by atoms with Crippen molar-refractivity contribution in [2.45, 2.75) is 12.8 Å². The van der Waals surface area contributed by atoms with Gasteiger partial charge in [-0.15, -0.1) is 11.3 Å². The van der Waals surface area contributed by atoms with Crippen LogP contribution in [0.2, 0.25) is 0 Å². The number of anilines is 1. The summed E-state index contributed by atoms with van der Waals surface area (Å²) in [5.41, 5.74) is 6.08. The van der Waals surface area contributed by atoms with Gasteiger partial charge < -0.3 is 15.9 Å². The van der Waals surface area contributed by atoms with E-state index in [4.69, 9.17) is 15.5 Å². The molecule has 1 heterocycles. The van der Waals surface area contributed by atoms with E-state index in [1.807, 2.05) is 17.5 Å². The SMILES string of the molecule is NCCCOOc1ccc(NC(=O)Cc2cccs2)cc1. The van der Waals surface area contributed by atoms with E-state index < -0.39 is 0 Å². The molecule has 0 aliphatic carbocycles. The van der Waals surface area contributed by atoms with Crippen LogP contribution in [0.25, 0.3) is 0 Å². The highest BCUT2D eigenvalue weighted by atomic mass is 32.1. The number of thiophene rings is 1. The lowest BCUT2D eigenvalue weighted by atomic mass is 10.3. The van der Waals surface area contributed by atoms with Gasteiger partial charge in [-0.3, -0.25) is 4.79 Å². The predicted molar refractivity (Wildman–Crippen MR) is 83.3 cm³/mol. The summed E-state index contributed by atoms with van der Waals surface area (Å²) in [6.07, 6.45) is 1.13. The first kappa shape index (κ1) is 15.5. The van der Waals surface area contributed by atoms with Gasteiger partial charge in [0.05, 0.1) is 13.0 Å². The van der Waals surface area contributed by atoms with Crippen molar-refractivity contribution in [1.29, 1.82) is 0 Å². The molecule has 2 aromatic rings. The molecule has 3 N–H and O–H groups in total. The van der Waals surface area contributed by atoms with Crippen molar-refractivity contribution >= 4 is 22.9 Å². The third-order valence-electron chi connectivity index (χ3n) is 2.64. The third kappa shape index (κ3) is 5.55. The van der Waals surface area contributed by atoms with Crippen molar-refractivity contribution in [3.05, 3.63) is 46.7 Å². The van der Waals surface area contributed by atoms with E-state index in [0.29, 0.717) is 25.3 Å². The molecule has 0 bridgehead atoms. The van der Waals surface area contributed by atoms with Gasteiger partial charge in [0.15, 0.2) is 5.75 Å². The number of benzene rings is 1. The van der Waals surface area contributed by atoms with E-state index in [2.05, 4.69) is 5.32 Å². The summed E-state index contributed by atoms with van der Waals surface area (Å²) < 4.78 is 0. The van der Waals surface area contributed by atoms with Crippen LogP contribution in [0.1, 0.15) is 11.3 Å². The topological polar surface area (TPSA) is 73.6 Å². The van der Waals surface area contributed by atoms with Crippen LogP contribution in [0.5, 0.6) is 5.75 Å². The van der Waals surface area contributed by atoms with Gasteiger partial charge in [-0.1, -0.05) is 6.07 Å². The molecule has 1 aromatic carbocycles. The smallest absolute Gasteiger partial charge is 0.229 e. The molecule has 112 valence electrons. The minimum Gasteiger partial charge on any atom is -0.338 e. The highest BCUT2D eigenvalue weighted by Gasteiger charge is 2.05. The maximum atomic E-state index is 11.8. The summed E-state index contributed by atoms with van der Waals surface area (Å²) in [5, 5.41) is 4.80. The third-order valence-corrected chi connectivity index (χ3v) is 3.52. The molecule has 0 aliphatic rings. The first-order valence-electron chi connectivity index (χ1n) is 6.70. The van der Waals surface area contributed by atoms with Crippen molar-refractivity contribution in [3.8, 4) is 5.75 Å². The van der Waals surface area contributed by atoms with Crippen LogP contribution < -0.4 is 15.9 Å². The van der Waals surface area contributed by atoms with Crippen LogP contribution in [0.3, 0.4) is 0 Å². The van der Waals surface area contributed by atoms with Gasteiger partial charge in [0.2, 0.25) is 5.91 Å². The molecule has 0 radical (unpaired) electrons. The van der Waals surface area contributed by atoms with Crippen molar-refractivity contribution in [2.75, 3.05) is 18.5 Å². The normalized spacial score (nSPS) is 10.3. The summed E-state index contributed by atoms with van der Waals surface area (Å²) in [4.78, 5) is 23.0. The second kappa shape index (κ2) is 8.41. The molecule has 0 saturated carbocycles. The van der Waals surface area contributed by atoms with Gasteiger partial charge in [-0.2, -0.15) is 4.89 Å². The van der Waals surface area contributed by atoms with Crippen LogP contribution in [0, 0.1) is 0 Å². The number of carbonyl (C=O) groups is 1. The number of nitrogens with two attached hydrogens (primary N) is 1. The second-order valence-electron chi connectivity index (χ2n) is 4.38. The second-order valence-corrected chi connectivity index (χ2v) is 5.41. The minimum absolute atomic E-state index is 0.0367. The zero-order valence-corrected chi connectivity index (χ0v) is 12.4. The molecular weight excluding hydrogens is 288 g/mol. The largest absolute Gasteiger partial charge is 0.338 e. The van der Waals surface area contributed by atoms with Crippen LogP contribution in [0.15, 0.2) is 41.8 Å². The Morgan fingerprint density at radius 3 is 2.71 bits per heavy atom. The number of nitrogens with one attached hydrogen (secondary N) is 1. The molecule has 6 heteroatoms. The first-order valence-corrected chi connectivity index (χ1v) is 7.58. The average Bonchev–Trinajstić information content (AvgIpc) is 2.98. The summed E-state index contributed by atoms with van der Waals surface area (Å²) in [6, 6.07) is 10.9. The molecule has 1 aromatic heterocycles. The molecule has 1 amide bonds. The van der Waals surface area contributed by atoms with E-state index in [1.165, 1.54) is 0 Å². The molecule has 21 heavy (non-hydrogen) atoms. The number of rotatable bonds is 8. The van der Waals surface area contributed by atoms with E-state index in [1.54, 1.807) is 35.6 Å². The van der Waals surface area contributed by atoms with Crippen molar-refractivity contribution in [3.63, 3.8) is 0 Å². The standard InChI is InChI=1S/C15H18N2O3S/c16-8-2-9-19-20-13-6-4-12(5-7-13)17-15(18)11-14-3-1-10-21-14/h1,3-7,10H,2,8-9,11,16H2,(H,17,18). The lowest BCUT2D eigenvalue weighted by Gasteiger charge is -2.07. The number of hydrogen-bond donors (Lipinski definition) is 2. The van der Waals surface area contributed by atoms with E-state index in [9.17, 15) is 4.79 Å². The van der Waals surface area contributed by atoms with Gasteiger partial charge in [0, 0.05) is 10.6 Å². The monoisotopic (exact) mass is 306 g/mol. The van der Waals surface area contributed by atoms with Crippen molar-refractivity contribution in [2.24, 2.45) is 5.73 Å². The average molecular weight is 306 g/mol. The summed E-state index contributed by atoms with van der Waals surface area (Å²) >= 11 is 1.57. The Kier molecular flexibility index (Phi) is 6.21.